The van der Waals surface area contributed by atoms with Crippen LogP contribution in [0.4, 0.5) is 10.2 Å². The third kappa shape index (κ3) is 5.53. The van der Waals surface area contributed by atoms with E-state index in [-0.39, 0.29) is 6.61 Å². The predicted molar refractivity (Wildman–Crippen MR) is 92.9 cm³/mol. The number of morpholine rings is 1. The van der Waals surface area contributed by atoms with E-state index in [9.17, 15) is 14.1 Å². The summed E-state index contributed by atoms with van der Waals surface area (Å²) in [5, 5.41) is 0. The molecule has 26 heavy (non-hydrogen) atoms. The van der Waals surface area contributed by atoms with Crippen LogP contribution in [0, 0.1) is 0 Å². The molecule has 1 heterocycles. The maximum Gasteiger partial charge on any atom is 0.388 e. The molecule has 0 amide bonds. The number of hydrogen-bond donors (Lipinski definition) is 0. The molecule has 0 saturated carbocycles. The highest BCUT2D eigenvalue weighted by molar-refractivity contribution is 6.14. The van der Waals surface area contributed by atoms with E-state index in [4.69, 9.17) is 9.47 Å². The van der Waals surface area contributed by atoms with E-state index >= 15 is 0 Å². The van der Waals surface area contributed by atoms with Gasteiger partial charge in [0.1, 0.15) is 0 Å². The molecule has 1 aliphatic heterocycles. The monoisotopic (exact) mass is 366 g/mol. The van der Waals surface area contributed by atoms with Crippen molar-refractivity contribution in [1.29, 1.82) is 0 Å². The van der Waals surface area contributed by atoms with Crippen LogP contribution in [-0.2, 0) is 30.5 Å². The van der Waals surface area contributed by atoms with Gasteiger partial charge in [0.15, 0.2) is 5.57 Å². The Morgan fingerprint density at radius 3 is 2.46 bits per heavy atom. The van der Waals surface area contributed by atoms with Crippen molar-refractivity contribution in [2.45, 2.75) is 13.5 Å². The van der Waals surface area contributed by atoms with Gasteiger partial charge in [-0.1, -0.05) is 12.1 Å². The van der Waals surface area contributed by atoms with Crippen LogP contribution in [0.1, 0.15) is 12.5 Å². The van der Waals surface area contributed by atoms with Gasteiger partial charge in [-0.05, 0) is 24.6 Å². The third-order valence-corrected chi connectivity index (χ3v) is 3.96. The fourth-order valence-electron chi connectivity index (χ4n) is 2.56. The number of rotatable bonds is 7. The molecule has 0 aromatic heterocycles. The minimum Gasteiger partial charge on any atom is -0.462 e. The van der Waals surface area contributed by atoms with Crippen LogP contribution in [0.3, 0.4) is 0 Å². The Morgan fingerprint density at radius 2 is 1.88 bits per heavy atom. The van der Waals surface area contributed by atoms with Crippen LogP contribution in [-0.4, -0.2) is 56.8 Å². The molecule has 0 N–H and O–H groups in total. The summed E-state index contributed by atoms with van der Waals surface area (Å²) in [4.78, 5) is 30.3. The lowest BCUT2D eigenvalue weighted by Gasteiger charge is -2.26. The summed E-state index contributed by atoms with van der Waals surface area (Å²) in [6, 6.07) is 7.64. The lowest BCUT2D eigenvalue weighted by atomic mass is 10.1. The molecule has 0 radical (unpaired) electrons. The Hall–Kier alpha value is -2.45. The highest BCUT2D eigenvalue weighted by atomic mass is 19.3. The zero-order valence-electron chi connectivity index (χ0n) is 14.9. The van der Waals surface area contributed by atoms with Crippen LogP contribution in [0.2, 0.25) is 0 Å². The minimum atomic E-state index is -1.39. The van der Waals surface area contributed by atoms with Gasteiger partial charge in [-0.2, -0.15) is 0 Å². The van der Waals surface area contributed by atoms with Gasteiger partial charge in [-0.15, -0.1) is 0 Å². The molecule has 8 heteroatoms. The van der Waals surface area contributed by atoms with Crippen LogP contribution < -0.4 is 4.90 Å². The zero-order chi connectivity index (χ0) is 18.9. The Kier molecular flexibility index (Phi) is 7.55. The van der Waals surface area contributed by atoms with Gasteiger partial charge in [0.25, 0.3) is 0 Å². The number of carbonyl (C=O) groups is 2. The first-order valence-electron chi connectivity index (χ1n) is 8.39. The standard InChI is InChI=1S/C18H23FN2O5/c1-3-25-17(22)16(18(23)26-19)13-20(2)15-6-4-14(5-7-15)12-21-8-10-24-11-9-21/h4-7,13H,3,8-12H2,1-2H3/b16-13+. The van der Waals surface area contributed by atoms with Crippen molar-refractivity contribution >= 4 is 17.6 Å². The molecule has 0 unspecified atom stereocenters. The number of halogens is 1. The molecule has 7 nitrogen and oxygen atoms in total. The first kappa shape index (κ1) is 19.9. The van der Waals surface area contributed by atoms with Crippen molar-refractivity contribution in [3.8, 4) is 0 Å². The maximum absolute atomic E-state index is 12.2. The number of carbonyl (C=O) groups excluding carboxylic acids is 2. The summed E-state index contributed by atoms with van der Waals surface area (Å²) in [6.45, 7) is 5.77. The smallest absolute Gasteiger partial charge is 0.388 e. The number of anilines is 1. The van der Waals surface area contributed by atoms with E-state index in [1.165, 1.54) is 11.1 Å². The average Bonchev–Trinajstić information content (AvgIpc) is 2.67. The number of benzene rings is 1. The van der Waals surface area contributed by atoms with Gasteiger partial charge < -0.3 is 14.4 Å². The Bertz CT molecular complexity index is 641. The second-order valence-electron chi connectivity index (χ2n) is 5.79. The Balaban J connectivity index is 2.07. The zero-order valence-corrected chi connectivity index (χ0v) is 14.9. The van der Waals surface area contributed by atoms with E-state index in [2.05, 4.69) is 9.84 Å². The second kappa shape index (κ2) is 9.88. The summed E-state index contributed by atoms with van der Waals surface area (Å²) in [5.41, 5.74) is 1.35. The summed E-state index contributed by atoms with van der Waals surface area (Å²) < 4.78 is 22.3. The molecule has 0 atom stereocenters. The molecule has 142 valence electrons. The van der Waals surface area contributed by atoms with Crippen molar-refractivity contribution < 1.29 is 28.5 Å². The van der Waals surface area contributed by atoms with Crippen molar-refractivity contribution in [2.75, 3.05) is 44.9 Å². The summed E-state index contributed by atoms with van der Waals surface area (Å²) in [5.74, 6) is -2.33. The first-order chi connectivity index (χ1) is 12.5. The van der Waals surface area contributed by atoms with Crippen molar-refractivity contribution in [1.82, 2.24) is 4.90 Å². The topological polar surface area (TPSA) is 68.3 Å². The van der Waals surface area contributed by atoms with Crippen LogP contribution >= 0.6 is 0 Å². The lowest BCUT2D eigenvalue weighted by molar-refractivity contribution is -0.179. The lowest BCUT2D eigenvalue weighted by Crippen LogP contribution is -2.35. The van der Waals surface area contributed by atoms with Crippen molar-refractivity contribution in [3.05, 3.63) is 41.6 Å². The van der Waals surface area contributed by atoms with E-state index in [1.807, 2.05) is 24.3 Å². The van der Waals surface area contributed by atoms with Crippen LogP contribution in [0.5, 0.6) is 0 Å². The molecular formula is C18H23FN2O5. The van der Waals surface area contributed by atoms with E-state index in [1.54, 1.807) is 14.0 Å². The molecule has 1 fully saturated rings. The molecule has 0 spiro atoms. The fourth-order valence-corrected chi connectivity index (χ4v) is 2.56. The molecule has 1 aromatic carbocycles. The summed E-state index contributed by atoms with van der Waals surface area (Å²) >= 11 is 0. The fraction of sp³-hybridized carbons (Fsp3) is 0.444. The number of hydrogen-bond acceptors (Lipinski definition) is 7. The predicted octanol–water partition coefficient (Wildman–Crippen LogP) is 1.83. The quantitative estimate of drug-likeness (QED) is 0.316. The van der Waals surface area contributed by atoms with E-state index in [0.29, 0.717) is 0 Å². The highest BCUT2D eigenvalue weighted by Crippen LogP contribution is 2.17. The van der Waals surface area contributed by atoms with E-state index in [0.717, 1.165) is 44.1 Å². The first-order valence-corrected chi connectivity index (χ1v) is 8.39. The van der Waals surface area contributed by atoms with Gasteiger partial charge in [-0.3, -0.25) is 4.90 Å². The SMILES string of the molecule is CCOC(=O)/C(=C\N(C)c1ccc(CN2CCOCC2)cc1)C(=O)OF. The van der Waals surface area contributed by atoms with Gasteiger partial charge in [-0.25, -0.2) is 14.5 Å². The highest BCUT2D eigenvalue weighted by Gasteiger charge is 2.23. The summed E-state index contributed by atoms with van der Waals surface area (Å²) in [7, 11) is 1.64. The molecule has 0 aliphatic carbocycles. The number of nitrogens with zero attached hydrogens (tertiary/aromatic N) is 2. The maximum atomic E-state index is 12.2. The van der Waals surface area contributed by atoms with Crippen molar-refractivity contribution in [3.63, 3.8) is 0 Å². The molecule has 1 saturated heterocycles. The molecular weight excluding hydrogens is 343 g/mol. The minimum absolute atomic E-state index is 0.0652. The third-order valence-electron chi connectivity index (χ3n) is 3.96. The Labute approximate surface area is 151 Å². The van der Waals surface area contributed by atoms with Crippen molar-refractivity contribution in [2.24, 2.45) is 0 Å². The molecule has 2 rings (SSSR count). The molecule has 1 aromatic rings. The van der Waals surface area contributed by atoms with Gasteiger partial charge >= 0.3 is 11.9 Å². The van der Waals surface area contributed by atoms with Crippen LogP contribution in [0.25, 0.3) is 0 Å². The van der Waals surface area contributed by atoms with Gasteiger partial charge in [0.05, 0.1) is 19.8 Å². The Morgan fingerprint density at radius 1 is 1.23 bits per heavy atom. The van der Waals surface area contributed by atoms with Crippen LogP contribution in [0.15, 0.2) is 36.0 Å². The second-order valence-corrected chi connectivity index (χ2v) is 5.79. The normalized spacial score (nSPS) is 15.4. The molecule has 0 bridgehead atoms. The number of ether oxygens (including phenoxy) is 2. The largest absolute Gasteiger partial charge is 0.462 e. The van der Waals surface area contributed by atoms with Gasteiger partial charge in [0.2, 0.25) is 0 Å². The number of esters is 1. The molecule has 1 aliphatic rings. The average molecular weight is 366 g/mol. The summed E-state index contributed by atoms with van der Waals surface area (Å²) in [6.07, 6.45) is 1.19. The van der Waals surface area contributed by atoms with Gasteiger partial charge in [0, 0.05) is 43.1 Å². The van der Waals surface area contributed by atoms with E-state index < -0.39 is 17.5 Å².